The molecule has 1 aromatic carbocycles. The van der Waals surface area contributed by atoms with Gasteiger partial charge < -0.3 is 15.0 Å². The van der Waals surface area contributed by atoms with Gasteiger partial charge in [-0.1, -0.05) is 0 Å². The lowest BCUT2D eigenvalue weighted by Gasteiger charge is -2.26. The summed E-state index contributed by atoms with van der Waals surface area (Å²) in [5.41, 5.74) is 1.09. The van der Waals surface area contributed by atoms with E-state index in [4.69, 9.17) is 4.74 Å². The highest BCUT2D eigenvalue weighted by Crippen LogP contribution is 2.24. The van der Waals surface area contributed by atoms with Crippen LogP contribution >= 0.6 is 0 Å². The molecule has 132 valence electrons. The highest BCUT2D eigenvalue weighted by atomic mass is 19.1. The van der Waals surface area contributed by atoms with Crippen molar-refractivity contribution in [1.29, 1.82) is 0 Å². The first-order valence-corrected chi connectivity index (χ1v) is 8.22. The van der Waals surface area contributed by atoms with Gasteiger partial charge in [0.05, 0.1) is 19.0 Å². The molecule has 0 aliphatic carbocycles. The predicted octanol–water partition coefficient (Wildman–Crippen LogP) is 2.11. The van der Waals surface area contributed by atoms with E-state index in [2.05, 4.69) is 20.5 Å². The molecule has 2 heterocycles. The fraction of sp³-hybridized carbons (Fsp3) is 0.412. The number of anilines is 1. The van der Waals surface area contributed by atoms with Gasteiger partial charge in [0.2, 0.25) is 11.9 Å². The highest BCUT2D eigenvalue weighted by molar-refractivity contribution is 5.76. The lowest BCUT2D eigenvalue weighted by molar-refractivity contribution is -0.133. The minimum Gasteiger partial charge on any atom is -0.494 e. The minimum absolute atomic E-state index is 0.176. The summed E-state index contributed by atoms with van der Waals surface area (Å²) in [4.78, 5) is 18.0. The van der Waals surface area contributed by atoms with Crippen molar-refractivity contribution in [3.63, 3.8) is 0 Å². The highest BCUT2D eigenvalue weighted by Gasteiger charge is 2.17. The van der Waals surface area contributed by atoms with Gasteiger partial charge in [0, 0.05) is 31.6 Å². The molecule has 1 aromatic heterocycles. The summed E-state index contributed by atoms with van der Waals surface area (Å²) in [6.45, 7) is 1.93. The van der Waals surface area contributed by atoms with E-state index in [1.165, 1.54) is 19.4 Å². The van der Waals surface area contributed by atoms with Gasteiger partial charge in [0.25, 0.3) is 0 Å². The third-order valence-corrected chi connectivity index (χ3v) is 4.09. The van der Waals surface area contributed by atoms with E-state index < -0.39 is 5.82 Å². The first kappa shape index (κ1) is 17.1. The Morgan fingerprint density at radius 1 is 1.36 bits per heavy atom. The van der Waals surface area contributed by atoms with Crippen molar-refractivity contribution in [2.45, 2.75) is 19.3 Å². The Balaban J connectivity index is 1.63. The molecule has 0 atom stereocenters. The van der Waals surface area contributed by atoms with Crippen molar-refractivity contribution in [3.05, 3.63) is 30.2 Å². The van der Waals surface area contributed by atoms with E-state index in [0.29, 0.717) is 36.7 Å². The third kappa shape index (κ3) is 4.20. The van der Waals surface area contributed by atoms with Crippen molar-refractivity contribution < 1.29 is 13.9 Å². The predicted molar refractivity (Wildman–Crippen MR) is 90.7 cm³/mol. The number of amides is 1. The standard InChI is InChI=1S/C17H20FN5O2/c1-25-15-6-5-12(10-13(15)18)14-11-20-22-17(21-14)19-7-9-23-8-3-2-4-16(23)24/h5-6,10-11H,2-4,7-9H2,1H3,(H,19,21,22). The molecule has 0 radical (unpaired) electrons. The number of benzene rings is 1. The van der Waals surface area contributed by atoms with Gasteiger partial charge in [-0.2, -0.15) is 5.10 Å². The number of hydrogen-bond acceptors (Lipinski definition) is 6. The van der Waals surface area contributed by atoms with Gasteiger partial charge in [0.1, 0.15) is 0 Å². The molecule has 25 heavy (non-hydrogen) atoms. The van der Waals surface area contributed by atoms with E-state index in [1.54, 1.807) is 12.1 Å². The summed E-state index contributed by atoms with van der Waals surface area (Å²) in [6, 6.07) is 4.60. The number of piperidine rings is 1. The second-order valence-corrected chi connectivity index (χ2v) is 5.78. The Kier molecular flexibility index (Phi) is 5.37. The largest absolute Gasteiger partial charge is 0.494 e. The van der Waals surface area contributed by atoms with Crippen LogP contribution in [0.5, 0.6) is 5.75 Å². The average Bonchev–Trinajstić information content (AvgIpc) is 2.63. The quantitative estimate of drug-likeness (QED) is 0.864. The van der Waals surface area contributed by atoms with Crippen LogP contribution in [0.15, 0.2) is 24.4 Å². The van der Waals surface area contributed by atoms with Gasteiger partial charge in [-0.3, -0.25) is 4.79 Å². The number of ether oxygens (including phenoxy) is 1. The molecule has 0 bridgehead atoms. The van der Waals surface area contributed by atoms with Crippen LogP contribution in [-0.4, -0.2) is 52.7 Å². The zero-order chi connectivity index (χ0) is 17.6. The van der Waals surface area contributed by atoms with Crippen molar-refractivity contribution in [2.75, 3.05) is 32.1 Å². The monoisotopic (exact) mass is 345 g/mol. The lowest BCUT2D eigenvalue weighted by atomic mass is 10.1. The normalized spacial score (nSPS) is 14.5. The molecular formula is C17H20FN5O2. The SMILES string of the molecule is COc1ccc(-c2cnnc(NCCN3CCCCC3=O)n2)cc1F. The van der Waals surface area contributed by atoms with E-state index in [-0.39, 0.29) is 11.7 Å². The zero-order valence-electron chi connectivity index (χ0n) is 14.0. The summed E-state index contributed by atoms with van der Waals surface area (Å²) in [5, 5.41) is 10.9. The summed E-state index contributed by atoms with van der Waals surface area (Å²) in [5.74, 6) is 0.250. The Labute approximate surface area is 145 Å². The van der Waals surface area contributed by atoms with Crippen molar-refractivity contribution >= 4 is 11.9 Å². The fourth-order valence-corrected chi connectivity index (χ4v) is 2.74. The van der Waals surface area contributed by atoms with Crippen molar-refractivity contribution in [2.24, 2.45) is 0 Å². The Morgan fingerprint density at radius 3 is 3.00 bits per heavy atom. The molecule has 2 aromatic rings. The van der Waals surface area contributed by atoms with E-state index in [1.807, 2.05) is 4.90 Å². The Bertz CT molecular complexity index is 756. The molecule has 0 unspecified atom stereocenters. The van der Waals surface area contributed by atoms with Crippen LogP contribution in [0.2, 0.25) is 0 Å². The number of nitrogens with one attached hydrogen (secondary N) is 1. The number of hydrogen-bond donors (Lipinski definition) is 1. The molecule has 3 rings (SSSR count). The molecule has 1 aliphatic heterocycles. The summed E-state index contributed by atoms with van der Waals surface area (Å²) in [7, 11) is 1.42. The minimum atomic E-state index is -0.461. The second kappa shape index (κ2) is 7.87. The molecule has 1 N–H and O–H groups in total. The second-order valence-electron chi connectivity index (χ2n) is 5.78. The van der Waals surface area contributed by atoms with Crippen LogP contribution in [-0.2, 0) is 4.79 Å². The van der Waals surface area contributed by atoms with Crippen LogP contribution in [0.3, 0.4) is 0 Å². The molecule has 8 heteroatoms. The number of aromatic nitrogens is 3. The van der Waals surface area contributed by atoms with Crippen LogP contribution in [0.1, 0.15) is 19.3 Å². The number of methoxy groups -OCH3 is 1. The molecule has 1 saturated heterocycles. The maximum atomic E-state index is 13.8. The lowest BCUT2D eigenvalue weighted by Crippen LogP contribution is -2.38. The van der Waals surface area contributed by atoms with Crippen molar-refractivity contribution in [3.8, 4) is 17.0 Å². The van der Waals surface area contributed by atoms with Crippen LogP contribution in [0, 0.1) is 5.82 Å². The van der Waals surface area contributed by atoms with Crippen LogP contribution in [0.4, 0.5) is 10.3 Å². The Hall–Kier alpha value is -2.77. The number of nitrogens with zero attached hydrogens (tertiary/aromatic N) is 4. The molecule has 7 nitrogen and oxygen atoms in total. The maximum absolute atomic E-state index is 13.8. The number of carbonyl (C=O) groups is 1. The van der Waals surface area contributed by atoms with Gasteiger partial charge in [0.15, 0.2) is 11.6 Å². The first-order valence-electron chi connectivity index (χ1n) is 8.22. The van der Waals surface area contributed by atoms with Crippen LogP contribution < -0.4 is 10.1 Å². The number of halogens is 1. The summed E-state index contributed by atoms with van der Waals surface area (Å²) < 4.78 is 18.8. The van der Waals surface area contributed by atoms with Gasteiger partial charge in [-0.15, -0.1) is 5.10 Å². The topological polar surface area (TPSA) is 80.2 Å². The molecule has 1 aliphatic rings. The van der Waals surface area contributed by atoms with Crippen LogP contribution in [0.25, 0.3) is 11.3 Å². The molecular weight excluding hydrogens is 325 g/mol. The molecule has 0 spiro atoms. The average molecular weight is 345 g/mol. The molecule has 1 amide bonds. The summed E-state index contributed by atoms with van der Waals surface area (Å²) in [6.07, 6.45) is 4.11. The zero-order valence-corrected chi connectivity index (χ0v) is 14.0. The van der Waals surface area contributed by atoms with Crippen molar-refractivity contribution in [1.82, 2.24) is 20.1 Å². The fourth-order valence-electron chi connectivity index (χ4n) is 2.74. The van der Waals surface area contributed by atoms with E-state index in [0.717, 1.165) is 19.4 Å². The maximum Gasteiger partial charge on any atom is 0.243 e. The molecule has 1 fully saturated rings. The Morgan fingerprint density at radius 2 is 2.24 bits per heavy atom. The summed E-state index contributed by atoms with van der Waals surface area (Å²) >= 11 is 0. The molecule has 0 saturated carbocycles. The van der Waals surface area contributed by atoms with E-state index in [9.17, 15) is 9.18 Å². The smallest absolute Gasteiger partial charge is 0.243 e. The number of carbonyl (C=O) groups excluding carboxylic acids is 1. The number of likely N-dealkylation sites (tertiary alicyclic amines) is 1. The van der Waals surface area contributed by atoms with Gasteiger partial charge in [-0.05, 0) is 31.0 Å². The third-order valence-electron chi connectivity index (χ3n) is 4.09. The van der Waals surface area contributed by atoms with E-state index >= 15 is 0 Å². The van der Waals surface area contributed by atoms with Gasteiger partial charge in [-0.25, -0.2) is 9.37 Å². The van der Waals surface area contributed by atoms with Gasteiger partial charge >= 0.3 is 0 Å². The first-order chi connectivity index (χ1) is 12.2. The number of rotatable bonds is 6.